The zero-order valence-electron chi connectivity index (χ0n) is 25.5. The van der Waals surface area contributed by atoms with Gasteiger partial charge in [-0.15, -0.1) is 0 Å². The van der Waals surface area contributed by atoms with Crippen molar-refractivity contribution in [1.29, 1.82) is 0 Å². The summed E-state index contributed by atoms with van der Waals surface area (Å²) in [5.74, 6) is 4.43. The first-order valence-corrected chi connectivity index (χ1v) is 18.6. The first-order chi connectivity index (χ1) is 18.6. The predicted octanol–water partition coefficient (Wildman–Crippen LogP) is 12.2. The highest BCUT2D eigenvalue weighted by Crippen LogP contribution is 2.67. The van der Waals surface area contributed by atoms with Crippen LogP contribution in [0.5, 0.6) is 0 Å². The lowest BCUT2D eigenvalue weighted by Gasteiger charge is -2.61. The predicted molar refractivity (Wildman–Crippen MR) is 162 cm³/mol. The highest BCUT2D eigenvalue weighted by Gasteiger charge is 2.55. The lowest BCUT2D eigenvalue weighted by molar-refractivity contribution is -0.0989. The molecule has 0 nitrogen and oxygen atoms in total. The molecule has 0 N–H and O–H groups in total. The molecule has 0 aromatic heterocycles. The highest BCUT2D eigenvalue weighted by molar-refractivity contribution is 5.06. The van der Waals surface area contributed by atoms with E-state index in [0.717, 1.165) is 45.3 Å². The van der Waals surface area contributed by atoms with Crippen molar-refractivity contribution in [3.63, 3.8) is 0 Å². The lowest BCUT2D eigenvalue weighted by Crippen LogP contribution is -2.50. The van der Waals surface area contributed by atoms with Crippen molar-refractivity contribution >= 4 is 0 Å². The van der Waals surface area contributed by atoms with Gasteiger partial charge in [-0.3, -0.25) is 0 Å². The fraction of sp³-hybridized carbons (Fsp3) is 1.00. The van der Waals surface area contributed by atoms with Gasteiger partial charge in [-0.05, 0) is 142 Å². The van der Waals surface area contributed by atoms with Crippen molar-refractivity contribution in [3.8, 4) is 0 Å². The van der Waals surface area contributed by atoms with Crippen molar-refractivity contribution in [2.24, 2.45) is 45.3 Å². The van der Waals surface area contributed by atoms with Crippen LogP contribution in [0.15, 0.2) is 0 Å². The van der Waals surface area contributed by atoms with Gasteiger partial charge in [-0.25, -0.2) is 0 Å². The Hall–Kier alpha value is 0. The van der Waals surface area contributed by atoms with Crippen LogP contribution < -0.4 is 0 Å². The minimum absolute atomic E-state index is 0.766. The van der Waals surface area contributed by atoms with Crippen molar-refractivity contribution < 1.29 is 0 Å². The van der Waals surface area contributed by atoms with E-state index in [1.54, 1.807) is 173 Å². The van der Waals surface area contributed by atoms with E-state index in [4.69, 9.17) is 0 Å². The van der Waals surface area contributed by atoms with Gasteiger partial charge in [0, 0.05) is 0 Å². The average molecular weight is 521 g/mol. The van der Waals surface area contributed by atoms with Crippen LogP contribution in [0.4, 0.5) is 0 Å². The summed E-state index contributed by atoms with van der Waals surface area (Å²) >= 11 is 0. The summed E-state index contributed by atoms with van der Waals surface area (Å²) in [5, 5.41) is 0. The molecule has 0 heteroatoms. The first kappa shape index (κ1) is 26.9. The maximum Gasteiger partial charge on any atom is -0.0266 e. The van der Waals surface area contributed by atoms with Gasteiger partial charge >= 0.3 is 0 Å². The molecule has 7 aliphatic rings. The smallest absolute Gasteiger partial charge is 0.0266 e. The highest BCUT2D eigenvalue weighted by atomic mass is 14.6. The van der Waals surface area contributed by atoms with Crippen LogP contribution in [0.2, 0.25) is 0 Å². The molecule has 0 aromatic rings. The van der Waals surface area contributed by atoms with Crippen LogP contribution in [0, 0.1) is 45.3 Å². The molecule has 0 heterocycles. The Kier molecular flexibility index (Phi) is 7.78. The maximum absolute atomic E-state index is 1.66. The fourth-order valence-corrected chi connectivity index (χ4v) is 13.1. The molecule has 7 rings (SSSR count). The average Bonchev–Trinajstić information content (AvgIpc) is 2.99. The van der Waals surface area contributed by atoms with Gasteiger partial charge in [-0.1, -0.05) is 96.3 Å². The van der Waals surface area contributed by atoms with E-state index in [-0.39, 0.29) is 0 Å². The standard InChI is InChI=1S/C38H64/c1-4-11-31(12-5-1)33-15-10-18-37(29-33)21-19-35(20-22-37)23-26-38(27-24-35)28-25-36(16-8-3-9-17-36)30-34(38)32-13-6-2-7-14-32/h31-34H,1-30H2. The molecule has 4 spiro atoms. The molecule has 7 aliphatic carbocycles. The molecule has 0 radical (unpaired) electrons. The monoisotopic (exact) mass is 521 g/mol. The van der Waals surface area contributed by atoms with Gasteiger partial charge in [0.2, 0.25) is 0 Å². The number of hydrogen-bond donors (Lipinski definition) is 0. The largest absolute Gasteiger partial charge is 0.0533 e. The molecule has 2 atom stereocenters. The molecule has 0 aromatic carbocycles. The molecular formula is C38H64. The van der Waals surface area contributed by atoms with Gasteiger partial charge < -0.3 is 0 Å². The summed E-state index contributed by atoms with van der Waals surface area (Å²) in [5.41, 5.74) is 3.10. The molecular weight excluding hydrogens is 456 g/mol. The van der Waals surface area contributed by atoms with E-state index >= 15 is 0 Å². The summed E-state index contributed by atoms with van der Waals surface area (Å²) in [4.78, 5) is 0. The Morgan fingerprint density at radius 2 is 0.737 bits per heavy atom. The molecule has 7 saturated carbocycles. The Balaban J connectivity index is 1.00. The minimum Gasteiger partial charge on any atom is -0.0533 e. The van der Waals surface area contributed by atoms with Crippen molar-refractivity contribution in [2.75, 3.05) is 0 Å². The summed E-state index contributed by atoms with van der Waals surface area (Å²) < 4.78 is 0. The van der Waals surface area contributed by atoms with Crippen LogP contribution in [0.3, 0.4) is 0 Å². The van der Waals surface area contributed by atoms with Crippen LogP contribution in [-0.4, -0.2) is 0 Å². The summed E-state index contributed by atoms with van der Waals surface area (Å²) in [6.07, 6.45) is 47.8. The summed E-state index contributed by atoms with van der Waals surface area (Å²) in [7, 11) is 0. The third kappa shape index (κ3) is 5.21. The van der Waals surface area contributed by atoms with Crippen LogP contribution in [-0.2, 0) is 0 Å². The second kappa shape index (κ2) is 11.0. The number of hydrogen-bond acceptors (Lipinski definition) is 0. The fourth-order valence-electron chi connectivity index (χ4n) is 13.1. The molecule has 0 bridgehead atoms. The molecule has 2 unspecified atom stereocenters. The zero-order valence-corrected chi connectivity index (χ0v) is 25.5. The van der Waals surface area contributed by atoms with E-state index in [1.807, 2.05) is 0 Å². The van der Waals surface area contributed by atoms with Crippen LogP contribution in [0.1, 0.15) is 193 Å². The third-order valence-electron chi connectivity index (χ3n) is 15.7. The van der Waals surface area contributed by atoms with Gasteiger partial charge in [0.05, 0.1) is 0 Å². The van der Waals surface area contributed by atoms with E-state index < -0.39 is 0 Å². The Morgan fingerprint density at radius 1 is 0.289 bits per heavy atom. The second-order valence-electron chi connectivity index (χ2n) is 17.4. The van der Waals surface area contributed by atoms with Crippen LogP contribution in [0.25, 0.3) is 0 Å². The van der Waals surface area contributed by atoms with Gasteiger partial charge in [-0.2, -0.15) is 0 Å². The first-order valence-electron chi connectivity index (χ1n) is 18.6. The maximum atomic E-state index is 1.66. The second-order valence-corrected chi connectivity index (χ2v) is 17.4. The quantitative estimate of drug-likeness (QED) is 0.339. The Labute approximate surface area is 237 Å². The van der Waals surface area contributed by atoms with Crippen molar-refractivity contribution in [2.45, 2.75) is 193 Å². The van der Waals surface area contributed by atoms with Crippen LogP contribution >= 0.6 is 0 Å². The Morgan fingerprint density at radius 3 is 1.39 bits per heavy atom. The lowest BCUT2D eigenvalue weighted by atomic mass is 9.44. The van der Waals surface area contributed by atoms with Gasteiger partial charge in [0.25, 0.3) is 0 Å². The van der Waals surface area contributed by atoms with E-state index in [9.17, 15) is 0 Å². The van der Waals surface area contributed by atoms with E-state index in [2.05, 4.69) is 0 Å². The van der Waals surface area contributed by atoms with Gasteiger partial charge in [0.1, 0.15) is 0 Å². The van der Waals surface area contributed by atoms with Crippen molar-refractivity contribution in [1.82, 2.24) is 0 Å². The molecule has 216 valence electrons. The third-order valence-corrected chi connectivity index (χ3v) is 15.7. The molecule has 0 aliphatic heterocycles. The zero-order chi connectivity index (χ0) is 25.5. The van der Waals surface area contributed by atoms with E-state index in [1.165, 1.54) is 19.3 Å². The summed E-state index contributed by atoms with van der Waals surface area (Å²) in [6.45, 7) is 0. The molecule has 7 fully saturated rings. The molecule has 0 amide bonds. The van der Waals surface area contributed by atoms with E-state index in [0.29, 0.717) is 0 Å². The topological polar surface area (TPSA) is 0 Å². The normalized spacial score (nSPS) is 37.6. The number of rotatable bonds is 2. The minimum atomic E-state index is 0.766. The Bertz CT molecular complexity index is 754. The summed E-state index contributed by atoms with van der Waals surface area (Å²) in [6, 6.07) is 0. The molecule has 0 saturated heterocycles. The van der Waals surface area contributed by atoms with Crippen molar-refractivity contribution in [3.05, 3.63) is 0 Å². The molecule has 38 heavy (non-hydrogen) atoms. The van der Waals surface area contributed by atoms with Gasteiger partial charge in [0.15, 0.2) is 0 Å². The SMILES string of the molecule is C1CCC(C2CCCC3(CCC4(CC3)CCC3(CC4)CCC4(CCCCC4)CC3C3CCCCC3)C2)CC1.